The summed E-state index contributed by atoms with van der Waals surface area (Å²) in [6.45, 7) is 0. The molecular weight excluding hydrogens is 218 g/mol. The molecule has 1 aromatic heterocycles. The number of aromatic nitrogens is 1. The van der Waals surface area contributed by atoms with Gasteiger partial charge >= 0.3 is 0 Å². The zero-order valence-electron chi connectivity index (χ0n) is 6.46. The number of rotatable bonds is 2. The molecule has 1 saturated carbocycles. The van der Waals surface area contributed by atoms with Gasteiger partial charge in [-0.2, -0.15) is 0 Å². The minimum atomic E-state index is 0.262. The summed E-state index contributed by atoms with van der Waals surface area (Å²) in [5.41, 5.74) is 0.777. The first-order valence-corrected chi connectivity index (χ1v) is 4.72. The maximum absolute atomic E-state index is 11.5. The van der Waals surface area contributed by atoms with Crippen LogP contribution in [-0.2, 0) is 0 Å². The summed E-state index contributed by atoms with van der Waals surface area (Å²) in [5.74, 6) is 0.553. The number of pyridine rings is 1. The standard InChI is InChI=1S/C9H8BrNO/c10-8-5-7(3-4-11-8)9(12)6-1-2-6/h3-6H,1-2H2. The number of carbonyl (C=O) groups is 1. The number of halogens is 1. The molecule has 0 aliphatic heterocycles. The molecule has 0 amide bonds. The Bertz CT molecular complexity index is 320. The first kappa shape index (κ1) is 7.92. The molecule has 1 heterocycles. The summed E-state index contributed by atoms with van der Waals surface area (Å²) >= 11 is 3.24. The molecule has 12 heavy (non-hydrogen) atoms. The fraction of sp³-hybridized carbons (Fsp3) is 0.333. The van der Waals surface area contributed by atoms with E-state index in [0.29, 0.717) is 5.92 Å². The lowest BCUT2D eigenvalue weighted by Gasteiger charge is -1.97. The van der Waals surface area contributed by atoms with Crippen molar-refractivity contribution in [2.24, 2.45) is 5.92 Å². The molecule has 0 unspecified atom stereocenters. The van der Waals surface area contributed by atoms with E-state index in [1.165, 1.54) is 0 Å². The summed E-state index contributed by atoms with van der Waals surface area (Å²) in [6.07, 6.45) is 3.76. The van der Waals surface area contributed by atoms with Crippen LogP contribution in [0.4, 0.5) is 0 Å². The van der Waals surface area contributed by atoms with Crippen LogP contribution in [0.2, 0.25) is 0 Å². The number of nitrogens with zero attached hydrogens (tertiary/aromatic N) is 1. The lowest BCUT2D eigenvalue weighted by atomic mass is 10.1. The van der Waals surface area contributed by atoms with Crippen LogP contribution in [0.3, 0.4) is 0 Å². The van der Waals surface area contributed by atoms with Gasteiger partial charge < -0.3 is 0 Å². The van der Waals surface area contributed by atoms with Crippen LogP contribution in [0, 0.1) is 5.92 Å². The van der Waals surface area contributed by atoms with Gasteiger partial charge in [0.2, 0.25) is 0 Å². The van der Waals surface area contributed by atoms with E-state index in [2.05, 4.69) is 20.9 Å². The van der Waals surface area contributed by atoms with Crippen LogP contribution in [0.25, 0.3) is 0 Å². The SMILES string of the molecule is O=C(c1ccnc(Br)c1)C1CC1. The van der Waals surface area contributed by atoms with E-state index in [-0.39, 0.29) is 5.78 Å². The largest absolute Gasteiger partial charge is 0.294 e. The fourth-order valence-electron chi connectivity index (χ4n) is 1.14. The van der Waals surface area contributed by atoms with Gasteiger partial charge in [-0.25, -0.2) is 4.98 Å². The molecule has 0 aromatic carbocycles. The molecule has 0 N–H and O–H groups in total. The van der Waals surface area contributed by atoms with Crippen LogP contribution in [0.5, 0.6) is 0 Å². The third kappa shape index (κ3) is 1.55. The number of carbonyl (C=O) groups excluding carboxylic acids is 1. The normalized spacial score (nSPS) is 16.1. The van der Waals surface area contributed by atoms with Crippen LogP contribution in [0.15, 0.2) is 22.9 Å². The minimum Gasteiger partial charge on any atom is -0.294 e. The van der Waals surface area contributed by atoms with Crippen molar-refractivity contribution in [1.29, 1.82) is 0 Å². The van der Waals surface area contributed by atoms with E-state index in [0.717, 1.165) is 23.0 Å². The van der Waals surface area contributed by atoms with Crippen molar-refractivity contribution in [2.75, 3.05) is 0 Å². The smallest absolute Gasteiger partial charge is 0.166 e. The van der Waals surface area contributed by atoms with Gasteiger partial charge in [0, 0.05) is 17.7 Å². The van der Waals surface area contributed by atoms with Gasteiger partial charge in [0.05, 0.1) is 0 Å². The maximum atomic E-state index is 11.5. The highest BCUT2D eigenvalue weighted by molar-refractivity contribution is 9.10. The van der Waals surface area contributed by atoms with Crippen LogP contribution in [-0.4, -0.2) is 10.8 Å². The second kappa shape index (κ2) is 2.98. The van der Waals surface area contributed by atoms with Crippen molar-refractivity contribution in [1.82, 2.24) is 4.98 Å². The van der Waals surface area contributed by atoms with E-state index in [9.17, 15) is 4.79 Å². The number of hydrogen-bond acceptors (Lipinski definition) is 2. The van der Waals surface area contributed by atoms with Crippen LogP contribution < -0.4 is 0 Å². The molecule has 62 valence electrons. The molecule has 1 aliphatic carbocycles. The molecule has 0 saturated heterocycles. The Kier molecular flexibility index (Phi) is 1.97. The Hall–Kier alpha value is -0.700. The quantitative estimate of drug-likeness (QED) is 0.572. The van der Waals surface area contributed by atoms with Crippen molar-refractivity contribution < 1.29 is 4.79 Å². The highest BCUT2D eigenvalue weighted by Crippen LogP contribution is 2.32. The molecule has 1 aromatic rings. The molecule has 3 heteroatoms. The second-order valence-corrected chi connectivity index (χ2v) is 3.82. The van der Waals surface area contributed by atoms with Crippen molar-refractivity contribution >= 4 is 21.7 Å². The number of hydrogen-bond donors (Lipinski definition) is 0. The topological polar surface area (TPSA) is 30.0 Å². The van der Waals surface area contributed by atoms with Gasteiger partial charge in [0.15, 0.2) is 5.78 Å². The van der Waals surface area contributed by atoms with Gasteiger partial charge in [-0.3, -0.25) is 4.79 Å². The Balaban J connectivity index is 2.26. The highest BCUT2D eigenvalue weighted by atomic mass is 79.9. The molecule has 1 fully saturated rings. The number of ketones is 1. The second-order valence-electron chi connectivity index (χ2n) is 3.01. The van der Waals surface area contributed by atoms with E-state index in [1.54, 1.807) is 18.3 Å². The van der Waals surface area contributed by atoms with E-state index in [4.69, 9.17) is 0 Å². The Morgan fingerprint density at radius 1 is 1.58 bits per heavy atom. The van der Waals surface area contributed by atoms with E-state index in [1.807, 2.05) is 0 Å². The zero-order chi connectivity index (χ0) is 8.55. The fourth-order valence-corrected chi connectivity index (χ4v) is 1.50. The monoisotopic (exact) mass is 225 g/mol. The predicted octanol–water partition coefficient (Wildman–Crippen LogP) is 2.44. The van der Waals surface area contributed by atoms with Crippen LogP contribution >= 0.6 is 15.9 Å². The molecule has 2 rings (SSSR count). The number of Topliss-reactive ketones (excluding diaryl/α,β-unsaturated/α-hetero) is 1. The van der Waals surface area contributed by atoms with Gasteiger partial charge in [-0.15, -0.1) is 0 Å². The molecule has 2 nitrogen and oxygen atoms in total. The summed E-state index contributed by atoms with van der Waals surface area (Å²) in [6, 6.07) is 3.55. The molecular formula is C9H8BrNO. The van der Waals surface area contributed by atoms with Crippen molar-refractivity contribution in [3.63, 3.8) is 0 Å². The Morgan fingerprint density at radius 2 is 2.33 bits per heavy atom. The first-order valence-electron chi connectivity index (χ1n) is 3.93. The lowest BCUT2D eigenvalue weighted by molar-refractivity contribution is 0.0967. The average Bonchev–Trinajstić information content (AvgIpc) is 2.85. The molecule has 0 atom stereocenters. The van der Waals surface area contributed by atoms with Crippen molar-refractivity contribution in [3.8, 4) is 0 Å². The van der Waals surface area contributed by atoms with Gasteiger partial charge in [0.1, 0.15) is 4.60 Å². The van der Waals surface area contributed by atoms with E-state index >= 15 is 0 Å². The average molecular weight is 226 g/mol. The third-order valence-corrected chi connectivity index (χ3v) is 2.39. The Labute approximate surface area is 79.1 Å². The van der Waals surface area contributed by atoms with Gasteiger partial charge in [-0.05, 0) is 40.9 Å². The molecule has 1 aliphatic rings. The van der Waals surface area contributed by atoms with Crippen molar-refractivity contribution in [2.45, 2.75) is 12.8 Å². The van der Waals surface area contributed by atoms with Crippen LogP contribution in [0.1, 0.15) is 23.2 Å². The summed E-state index contributed by atoms with van der Waals surface area (Å²) in [7, 11) is 0. The minimum absolute atomic E-state index is 0.262. The zero-order valence-corrected chi connectivity index (χ0v) is 8.04. The summed E-state index contributed by atoms with van der Waals surface area (Å²) in [5, 5.41) is 0. The lowest BCUT2D eigenvalue weighted by Crippen LogP contribution is -2.00. The third-order valence-electron chi connectivity index (χ3n) is 1.96. The van der Waals surface area contributed by atoms with Gasteiger partial charge in [0.25, 0.3) is 0 Å². The summed E-state index contributed by atoms with van der Waals surface area (Å²) in [4.78, 5) is 15.5. The van der Waals surface area contributed by atoms with Crippen molar-refractivity contribution in [3.05, 3.63) is 28.5 Å². The molecule has 0 radical (unpaired) electrons. The predicted molar refractivity (Wildman–Crippen MR) is 49.0 cm³/mol. The summed E-state index contributed by atoms with van der Waals surface area (Å²) < 4.78 is 0.731. The van der Waals surface area contributed by atoms with Gasteiger partial charge in [-0.1, -0.05) is 0 Å². The molecule has 0 bridgehead atoms. The maximum Gasteiger partial charge on any atom is 0.166 e. The highest BCUT2D eigenvalue weighted by Gasteiger charge is 2.30. The first-order chi connectivity index (χ1) is 5.77. The van der Waals surface area contributed by atoms with E-state index < -0.39 is 0 Å². The Morgan fingerprint density at radius 3 is 2.92 bits per heavy atom. The molecule has 0 spiro atoms.